The summed E-state index contributed by atoms with van der Waals surface area (Å²) in [6.07, 6.45) is 1.01. The maximum absolute atomic E-state index is 13.4. The highest BCUT2D eigenvalue weighted by Gasteiger charge is 2.15. The molecule has 94 valence electrons. The number of rotatable bonds is 5. The third-order valence-corrected chi connectivity index (χ3v) is 2.93. The van der Waals surface area contributed by atoms with Crippen LogP contribution in [0.25, 0.3) is 0 Å². The zero-order valence-electron chi connectivity index (χ0n) is 10.4. The highest BCUT2D eigenvalue weighted by atomic mass is 19.1. The van der Waals surface area contributed by atoms with Crippen LogP contribution in [0.15, 0.2) is 18.2 Å². The van der Waals surface area contributed by atoms with Gasteiger partial charge < -0.3 is 10.4 Å². The number of benzene rings is 1. The summed E-state index contributed by atoms with van der Waals surface area (Å²) in [6, 6.07) is 4.08. The summed E-state index contributed by atoms with van der Waals surface area (Å²) in [7, 11) is 0. The van der Waals surface area contributed by atoms with E-state index >= 15 is 0 Å². The van der Waals surface area contributed by atoms with Crippen molar-refractivity contribution < 1.29 is 14.3 Å². The Morgan fingerprint density at radius 3 is 2.59 bits per heavy atom. The number of nitrogens with one attached hydrogen (secondary N) is 1. The predicted octanol–water partition coefficient (Wildman–Crippen LogP) is 3.37. The molecule has 0 spiro atoms. The highest BCUT2D eigenvalue weighted by Crippen LogP contribution is 2.21. The molecule has 3 nitrogen and oxygen atoms in total. The lowest BCUT2D eigenvalue weighted by atomic mass is 9.90. The van der Waals surface area contributed by atoms with Crippen LogP contribution in [0.3, 0.4) is 0 Å². The first-order chi connectivity index (χ1) is 7.85. The SMILES string of the molecule is CCC(C)(C)CNc1ccc(C(=O)O)c(F)c1. The first-order valence-corrected chi connectivity index (χ1v) is 5.62. The lowest BCUT2D eigenvalue weighted by Crippen LogP contribution is -2.22. The van der Waals surface area contributed by atoms with Crippen LogP contribution >= 0.6 is 0 Å². The van der Waals surface area contributed by atoms with Crippen molar-refractivity contribution in [2.75, 3.05) is 11.9 Å². The summed E-state index contributed by atoms with van der Waals surface area (Å²) in [5.41, 5.74) is 0.432. The van der Waals surface area contributed by atoms with Gasteiger partial charge in [-0.15, -0.1) is 0 Å². The highest BCUT2D eigenvalue weighted by molar-refractivity contribution is 5.88. The lowest BCUT2D eigenvalue weighted by molar-refractivity contribution is 0.0692. The average Bonchev–Trinajstić information content (AvgIpc) is 2.26. The zero-order chi connectivity index (χ0) is 13.1. The van der Waals surface area contributed by atoms with Crippen LogP contribution in [0.1, 0.15) is 37.6 Å². The third-order valence-electron chi connectivity index (χ3n) is 2.93. The Kier molecular flexibility index (Phi) is 4.10. The van der Waals surface area contributed by atoms with Crippen LogP contribution in [0, 0.1) is 11.2 Å². The molecule has 4 heteroatoms. The van der Waals surface area contributed by atoms with Crippen LogP contribution in [0.4, 0.5) is 10.1 Å². The van der Waals surface area contributed by atoms with Crippen LogP contribution in [0.2, 0.25) is 0 Å². The first-order valence-electron chi connectivity index (χ1n) is 5.62. The molecule has 0 radical (unpaired) electrons. The summed E-state index contributed by atoms with van der Waals surface area (Å²) in [4.78, 5) is 10.6. The molecule has 0 saturated carbocycles. The average molecular weight is 239 g/mol. The molecule has 0 aliphatic rings. The van der Waals surface area contributed by atoms with Crippen LogP contribution in [-0.4, -0.2) is 17.6 Å². The monoisotopic (exact) mass is 239 g/mol. The summed E-state index contributed by atoms with van der Waals surface area (Å²) < 4.78 is 13.4. The van der Waals surface area contributed by atoms with Gasteiger partial charge in [0.05, 0.1) is 5.56 Å². The number of carboxylic acid groups (broad SMARTS) is 1. The lowest BCUT2D eigenvalue weighted by Gasteiger charge is -2.23. The van der Waals surface area contributed by atoms with Gasteiger partial charge in [0, 0.05) is 12.2 Å². The maximum atomic E-state index is 13.4. The Morgan fingerprint density at radius 1 is 1.47 bits per heavy atom. The van der Waals surface area contributed by atoms with Crippen molar-refractivity contribution in [1.82, 2.24) is 0 Å². The number of aromatic carboxylic acids is 1. The molecule has 1 aromatic carbocycles. The van der Waals surface area contributed by atoms with E-state index < -0.39 is 11.8 Å². The van der Waals surface area contributed by atoms with Crippen molar-refractivity contribution in [1.29, 1.82) is 0 Å². The number of halogens is 1. The van der Waals surface area contributed by atoms with Crippen LogP contribution in [-0.2, 0) is 0 Å². The molecule has 0 fully saturated rings. The van der Waals surface area contributed by atoms with Crippen molar-refractivity contribution >= 4 is 11.7 Å². The zero-order valence-corrected chi connectivity index (χ0v) is 10.4. The van der Waals surface area contributed by atoms with Gasteiger partial charge in [-0.1, -0.05) is 20.8 Å². The summed E-state index contributed by atoms with van der Waals surface area (Å²) in [5, 5.41) is 11.8. The van der Waals surface area contributed by atoms with Gasteiger partial charge in [-0.05, 0) is 30.0 Å². The van der Waals surface area contributed by atoms with Crippen LogP contribution in [0.5, 0.6) is 0 Å². The molecular formula is C13H18FNO2. The van der Waals surface area contributed by atoms with Crippen molar-refractivity contribution in [2.45, 2.75) is 27.2 Å². The van der Waals surface area contributed by atoms with E-state index in [4.69, 9.17) is 5.11 Å². The second kappa shape index (κ2) is 5.17. The maximum Gasteiger partial charge on any atom is 0.338 e. The molecule has 0 heterocycles. The van der Waals surface area contributed by atoms with E-state index in [1.165, 1.54) is 12.1 Å². The van der Waals surface area contributed by atoms with Gasteiger partial charge >= 0.3 is 5.97 Å². The molecule has 0 atom stereocenters. The largest absolute Gasteiger partial charge is 0.478 e. The van der Waals surface area contributed by atoms with E-state index in [0.717, 1.165) is 13.0 Å². The van der Waals surface area contributed by atoms with Crippen molar-refractivity contribution in [3.8, 4) is 0 Å². The number of hydrogen-bond acceptors (Lipinski definition) is 2. The Morgan fingerprint density at radius 2 is 2.12 bits per heavy atom. The van der Waals surface area contributed by atoms with Gasteiger partial charge in [0.2, 0.25) is 0 Å². The minimum absolute atomic E-state index is 0.127. The number of anilines is 1. The number of carbonyl (C=O) groups is 1. The fourth-order valence-corrected chi connectivity index (χ4v) is 1.26. The smallest absolute Gasteiger partial charge is 0.338 e. The van der Waals surface area contributed by atoms with E-state index in [1.807, 2.05) is 0 Å². The fourth-order valence-electron chi connectivity index (χ4n) is 1.26. The molecule has 17 heavy (non-hydrogen) atoms. The molecule has 1 aromatic rings. The molecule has 0 aromatic heterocycles. The Bertz CT molecular complexity index is 416. The third kappa shape index (κ3) is 3.73. The van der Waals surface area contributed by atoms with E-state index in [1.54, 1.807) is 6.07 Å². The molecule has 0 saturated heterocycles. The quantitative estimate of drug-likeness (QED) is 0.828. The van der Waals surface area contributed by atoms with E-state index in [2.05, 4.69) is 26.1 Å². The second-order valence-corrected chi connectivity index (χ2v) is 4.87. The first kappa shape index (κ1) is 13.5. The standard InChI is InChI=1S/C13H18FNO2/c1-4-13(2,3)8-15-9-5-6-10(12(16)17)11(14)7-9/h5-7,15H,4,8H2,1-3H3,(H,16,17). The van der Waals surface area contributed by atoms with Crippen molar-refractivity contribution in [2.24, 2.45) is 5.41 Å². The number of carboxylic acids is 1. The van der Waals surface area contributed by atoms with Gasteiger partial charge in [0.1, 0.15) is 5.82 Å². The van der Waals surface area contributed by atoms with E-state index in [9.17, 15) is 9.18 Å². The molecule has 0 aliphatic heterocycles. The van der Waals surface area contributed by atoms with Crippen LogP contribution < -0.4 is 5.32 Å². The van der Waals surface area contributed by atoms with E-state index in [-0.39, 0.29) is 11.0 Å². The second-order valence-electron chi connectivity index (χ2n) is 4.87. The normalized spacial score (nSPS) is 11.3. The van der Waals surface area contributed by atoms with E-state index in [0.29, 0.717) is 5.69 Å². The minimum atomic E-state index is -1.25. The Hall–Kier alpha value is -1.58. The van der Waals surface area contributed by atoms with Gasteiger partial charge in [0.25, 0.3) is 0 Å². The molecular weight excluding hydrogens is 221 g/mol. The Labute approximate surface area is 101 Å². The van der Waals surface area contributed by atoms with Gasteiger partial charge in [0.15, 0.2) is 0 Å². The molecule has 0 bridgehead atoms. The van der Waals surface area contributed by atoms with Gasteiger partial charge in [-0.2, -0.15) is 0 Å². The fraction of sp³-hybridized carbons (Fsp3) is 0.462. The predicted molar refractivity (Wildman–Crippen MR) is 65.9 cm³/mol. The van der Waals surface area contributed by atoms with Gasteiger partial charge in [-0.3, -0.25) is 0 Å². The minimum Gasteiger partial charge on any atom is -0.478 e. The summed E-state index contributed by atoms with van der Waals surface area (Å²) >= 11 is 0. The molecule has 0 amide bonds. The molecule has 0 unspecified atom stereocenters. The molecule has 0 aliphatic carbocycles. The summed E-state index contributed by atoms with van der Waals surface area (Å²) in [6.45, 7) is 7.04. The molecule has 1 rings (SSSR count). The number of hydrogen-bond donors (Lipinski definition) is 2. The Balaban J connectivity index is 2.75. The molecule has 2 N–H and O–H groups in total. The van der Waals surface area contributed by atoms with Crippen molar-refractivity contribution in [3.63, 3.8) is 0 Å². The van der Waals surface area contributed by atoms with Gasteiger partial charge in [-0.25, -0.2) is 9.18 Å². The topological polar surface area (TPSA) is 49.3 Å². The van der Waals surface area contributed by atoms with Crippen molar-refractivity contribution in [3.05, 3.63) is 29.6 Å². The summed E-state index contributed by atoms with van der Waals surface area (Å²) in [5.74, 6) is -1.96.